The lowest BCUT2D eigenvalue weighted by molar-refractivity contribution is -0.131. The Kier molecular flexibility index (Phi) is 5.18. The van der Waals surface area contributed by atoms with Gasteiger partial charge in [-0.25, -0.2) is 0 Å². The van der Waals surface area contributed by atoms with Gasteiger partial charge in [0.15, 0.2) is 0 Å². The Morgan fingerprint density at radius 3 is 2.81 bits per heavy atom. The molecule has 0 aromatic heterocycles. The number of nitrogens with one attached hydrogen (secondary N) is 1. The summed E-state index contributed by atoms with van der Waals surface area (Å²) in [6.45, 7) is 4.09. The molecule has 21 heavy (non-hydrogen) atoms. The van der Waals surface area contributed by atoms with Crippen molar-refractivity contribution in [2.45, 2.75) is 32.4 Å². The Morgan fingerprint density at radius 1 is 1.48 bits per heavy atom. The van der Waals surface area contributed by atoms with Gasteiger partial charge in [-0.05, 0) is 38.0 Å². The van der Waals surface area contributed by atoms with Crippen LogP contribution in [0.15, 0.2) is 18.2 Å². The number of nitrogens with zero attached hydrogens (tertiary/aromatic N) is 2. The molecule has 1 aromatic carbocycles. The van der Waals surface area contributed by atoms with E-state index in [2.05, 4.69) is 11.4 Å². The molecule has 0 spiro atoms. The van der Waals surface area contributed by atoms with Gasteiger partial charge in [0.25, 0.3) is 0 Å². The summed E-state index contributed by atoms with van der Waals surface area (Å²) in [5, 5.41) is 12.2. The van der Waals surface area contributed by atoms with Crippen LogP contribution in [-0.2, 0) is 11.3 Å². The first-order valence-corrected chi connectivity index (χ1v) is 7.25. The molecule has 1 N–H and O–H groups in total. The fourth-order valence-corrected chi connectivity index (χ4v) is 2.55. The quantitative estimate of drug-likeness (QED) is 0.894. The molecule has 0 saturated carbocycles. The van der Waals surface area contributed by atoms with Crippen molar-refractivity contribution >= 4 is 5.91 Å². The molecular formula is C16H21N3O2. The Morgan fingerprint density at radius 2 is 2.19 bits per heavy atom. The van der Waals surface area contributed by atoms with Gasteiger partial charge in [0.2, 0.25) is 5.91 Å². The predicted octanol–water partition coefficient (Wildman–Crippen LogP) is 1.67. The lowest BCUT2D eigenvalue weighted by Crippen LogP contribution is -2.43. The van der Waals surface area contributed by atoms with Crippen LogP contribution < -0.4 is 10.1 Å². The molecule has 1 heterocycles. The zero-order chi connectivity index (χ0) is 15.2. The number of ether oxygens (including phenoxy) is 1. The topological polar surface area (TPSA) is 65.4 Å². The summed E-state index contributed by atoms with van der Waals surface area (Å²) in [4.78, 5) is 14.1. The van der Waals surface area contributed by atoms with Crippen LogP contribution in [0.25, 0.3) is 0 Å². The third kappa shape index (κ3) is 3.73. The van der Waals surface area contributed by atoms with E-state index >= 15 is 0 Å². The Hall–Kier alpha value is -2.06. The van der Waals surface area contributed by atoms with Crippen molar-refractivity contribution in [1.82, 2.24) is 10.2 Å². The molecule has 1 fully saturated rings. The highest BCUT2D eigenvalue weighted by molar-refractivity contribution is 5.81. The van der Waals surface area contributed by atoms with Gasteiger partial charge in [-0.2, -0.15) is 5.26 Å². The maximum absolute atomic E-state index is 12.2. The van der Waals surface area contributed by atoms with E-state index in [9.17, 15) is 4.79 Å². The monoisotopic (exact) mass is 287 g/mol. The molecule has 1 unspecified atom stereocenters. The van der Waals surface area contributed by atoms with Gasteiger partial charge < -0.3 is 15.0 Å². The highest BCUT2D eigenvalue weighted by Gasteiger charge is 2.22. The third-order valence-electron chi connectivity index (χ3n) is 3.80. The summed E-state index contributed by atoms with van der Waals surface area (Å²) in [6, 6.07) is 7.17. The molecule has 1 atom stereocenters. The fraction of sp³-hybridized carbons (Fsp3) is 0.500. The third-order valence-corrected chi connectivity index (χ3v) is 3.80. The van der Waals surface area contributed by atoms with Gasteiger partial charge in [-0.3, -0.25) is 4.79 Å². The first-order valence-electron chi connectivity index (χ1n) is 7.25. The Balaban J connectivity index is 1.98. The van der Waals surface area contributed by atoms with Crippen molar-refractivity contribution in [3.05, 3.63) is 29.3 Å². The molecule has 0 bridgehead atoms. The number of hydrogen-bond acceptors (Lipinski definition) is 4. The van der Waals surface area contributed by atoms with Crippen LogP contribution in [0.5, 0.6) is 5.75 Å². The minimum atomic E-state index is -0.237. The van der Waals surface area contributed by atoms with E-state index in [1.165, 1.54) is 0 Å². The van der Waals surface area contributed by atoms with Gasteiger partial charge >= 0.3 is 0 Å². The summed E-state index contributed by atoms with van der Waals surface area (Å²) in [7, 11) is 1.60. The minimum Gasteiger partial charge on any atom is -0.496 e. The van der Waals surface area contributed by atoms with Crippen LogP contribution in [0.3, 0.4) is 0 Å². The molecule has 5 heteroatoms. The average molecular weight is 287 g/mol. The smallest absolute Gasteiger partial charge is 0.239 e. The van der Waals surface area contributed by atoms with Gasteiger partial charge in [0.05, 0.1) is 24.8 Å². The summed E-state index contributed by atoms with van der Waals surface area (Å²) >= 11 is 0. The lowest BCUT2D eigenvalue weighted by atomic mass is 10.1. The molecular weight excluding hydrogens is 266 g/mol. The highest BCUT2D eigenvalue weighted by atomic mass is 16.5. The van der Waals surface area contributed by atoms with Crippen molar-refractivity contribution in [1.29, 1.82) is 5.26 Å². The van der Waals surface area contributed by atoms with Crippen molar-refractivity contribution in [3.8, 4) is 11.8 Å². The van der Waals surface area contributed by atoms with Gasteiger partial charge in [0, 0.05) is 25.2 Å². The zero-order valence-electron chi connectivity index (χ0n) is 12.6. The van der Waals surface area contributed by atoms with E-state index in [-0.39, 0.29) is 11.9 Å². The van der Waals surface area contributed by atoms with Gasteiger partial charge in [-0.1, -0.05) is 0 Å². The molecule has 1 aromatic rings. The van der Waals surface area contributed by atoms with Crippen LogP contribution in [0, 0.1) is 11.3 Å². The normalized spacial score (nSPS) is 15.6. The Bertz CT molecular complexity index is 545. The molecule has 0 aliphatic carbocycles. The van der Waals surface area contributed by atoms with E-state index in [1.807, 2.05) is 11.8 Å². The van der Waals surface area contributed by atoms with Gasteiger partial charge in [0.1, 0.15) is 5.75 Å². The summed E-state index contributed by atoms with van der Waals surface area (Å²) in [6.07, 6.45) is 2.19. The van der Waals surface area contributed by atoms with Crippen molar-refractivity contribution in [2.24, 2.45) is 0 Å². The minimum absolute atomic E-state index is 0.142. The maximum atomic E-state index is 12.2. The molecule has 5 nitrogen and oxygen atoms in total. The number of carbonyl (C=O) groups excluding carboxylic acids is 1. The van der Waals surface area contributed by atoms with Crippen LogP contribution in [0.1, 0.15) is 30.9 Å². The van der Waals surface area contributed by atoms with E-state index in [0.717, 1.165) is 37.2 Å². The molecule has 2 rings (SSSR count). The lowest BCUT2D eigenvalue weighted by Gasteiger charge is -2.21. The van der Waals surface area contributed by atoms with Crippen molar-refractivity contribution < 1.29 is 9.53 Å². The maximum Gasteiger partial charge on any atom is 0.239 e. The van der Waals surface area contributed by atoms with Crippen LogP contribution in [0.4, 0.5) is 0 Å². The van der Waals surface area contributed by atoms with Crippen LogP contribution in [-0.4, -0.2) is 37.0 Å². The number of methoxy groups -OCH3 is 1. The van der Waals surface area contributed by atoms with Crippen LogP contribution >= 0.6 is 0 Å². The molecule has 1 aliphatic heterocycles. The van der Waals surface area contributed by atoms with E-state index in [0.29, 0.717) is 12.1 Å². The summed E-state index contributed by atoms with van der Waals surface area (Å²) in [5.74, 6) is 0.866. The predicted molar refractivity (Wildman–Crippen MR) is 79.8 cm³/mol. The highest BCUT2D eigenvalue weighted by Crippen LogP contribution is 2.19. The fourth-order valence-electron chi connectivity index (χ4n) is 2.55. The second-order valence-electron chi connectivity index (χ2n) is 5.27. The average Bonchev–Trinajstić information content (AvgIpc) is 3.05. The largest absolute Gasteiger partial charge is 0.496 e. The standard InChI is InChI=1S/C16H21N3O2/c1-12(16(20)19-7-3-4-8-19)18-11-14-9-13(10-17)5-6-15(14)21-2/h5-6,9,12,18H,3-4,7-8,11H2,1-2H3. The van der Waals surface area contributed by atoms with E-state index < -0.39 is 0 Å². The zero-order valence-corrected chi connectivity index (χ0v) is 12.6. The second-order valence-corrected chi connectivity index (χ2v) is 5.27. The number of nitriles is 1. The van der Waals surface area contributed by atoms with E-state index in [1.54, 1.807) is 25.3 Å². The first-order chi connectivity index (χ1) is 10.2. The number of rotatable bonds is 5. The second kappa shape index (κ2) is 7.09. The number of benzene rings is 1. The van der Waals surface area contributed by atoms with E-state index in [4.69, 9.17) is 10.00 Å². The number of carbonyl (C=O) groups is 1. The first kappa shape index (κ1) is 15.3. The molecule has 112 valence electrons. The number of amides is 1. The summed E-state index contributed by atoms with van der Waals surface area (Å²) < 4.78 is 5.29. The molecule has 1 amide bonds. The molecule has 1 saturated heterocycles. The Labute approximate surface area is 125 Å². The SMILES string of the molecule is COc1ccc(C#N)cc1CNC(C)C(=O)N1CCCC1. The number of hydrogen-bond donors (Lipinski definition) is 1. The summed E-state index contributed by atoms with van der Waals surface area (Å²) in [5.41, 5.74) is 1.48. The molecule has 0 radical (unpaired) electrons. The van der Waals surface area contributed by atoms with Crippen LogP contribution in [0.2, 0.25) is 0 Å². The number of likely N-dealkylation sites (tertiary alicyclic amines) is 1. The van der Waals surface area contributed by atoms with Gasteiger partial charge in [-0.15, -0.1) is 0 Å². The van der Waals surface area contributed by atoms with Crippen molar-refractivity contribution in [3.63, 3.8) is 0 Å². The molecule has 1 aliphatic rings. The van der Waals surface area contributed by atoms with Crippen molar-refractivity contribution in [2.75, 3.05) is 20.2 Å².